The Morgan fingerprint density at radius 2 is 1.94 bits per heavy atom. The Kier molecular flexibility index (Phi) is 3.64. The lowest BCUT2D eigenvalue weighted by molar-refractivity contribution is -0.137. The van der Waals surface area contributed by atoms with E-state index < -0.39 is 5.97 Å². The van der Waals surface area contributed by atoms with E-state index in [0.29, 0.717) is 4.78 Å². The summed E-state index contributed by atoms with van der Waals surface area (Å²) in [6, 6.07) is 13.4. The molecule has 2 nitrogen and oxygen atoms in total. The average molecular weight is 242 g/mol. The van der Waals surface area contributed by atoms with Crippen molar-refractivity contribution >= 4 is 29.9 Å². The molecule has 0 saturated carbocycles. The molecule has 2 aromatic rings. The quantitative estimate of drug-likeness (QED) is 0.834. The van der Waals surface area contributed by atoms with E-state index in [2.05, 4.69) is 0 Å². The van der Waals surface area contributed by atoms with Gasteiger partial charge in [-0.25, -0.2) is 0 Å². The van der Waals surface area contributed by atoms with Crippen LogP contribution in [0.3, 0.4) is 0 Å². The number of carbonyl (C=O) groups is 1. The molecular weight excluding hydrogens is 231 g/mol. The van der Waals surface area contributed by atoms with Gasteiger partial charge in [-0.1, -0.05) is 36.4 Å². The maximum atomic E-state index is 10.9. The van der Waals surface area contributed by atoms with Gasteiger partial charge in [-0.05, 0) is 16.4 Å². The van der Waals surface area contributed by atoms with E-state index in [9.17, 15) is 4.79 Å². The van der Waals surface area contributed by atoms with Crippen LogP contribution < -0.4 is 4.78 Å². The fraction of sp³-hybridized carbons (Fsp3) is 0.154. The predicted octanol–water partition coefficient (Wildman–Crippen LogP) is 2.15. The van der Waals surface area contributed by atoms with E-state index >= 15 is 0 Å². The van der Waals surface area contributed by atoms with Crippen molar-refractivity contribution in [3.8, 4) is 0 Å². The normalized spacial score (nSPS) is 12.2. The van der Waals surface area contributed by atoms with Crippen molar-refractivity contribution in [2.75, 3.05) is 0 Å². The zero-order valence-corrected chi connectivity index (χ0v) is 9.98. The molecule has 0 bridgehead atoms. The molecule has 0 amide bonds. The maximum absolute atomic E-state index is 10.9. The molecule has 0 spiro atoms. The number of thiophene rings is 1. The van der Waals surface area contributed by atoms with Gasteiger partial charge in [-0.3, -0.25) is 4.79 Å². The number of carboxylic acids is 1. The standard InChI is InChI=1S/C13H11BO2S/c14-12-7-6-11(17-12)10(8-13(15)16)9-4-2-1-3-5-9/h1-7,10H,8H2,(H,15,16)/t10-/m0/s1. The van der Waals surface area contributed by atoms with Crippen LogP contribution in [0.25, 0.3) is 0 Å². The topological polar surface area (TPSA) is 37.3 Å². The molecule has 0 aliphatic heterocycles. The summed E-state index contributed by atoms with van der Waals surface area (Å²) in [6.45, 7) is 0. The number of aliphatic carboxylic acids is 1. The summed E-state index contributed by atoms with van der Waals surface area (Å²) >= 11 is 1.45. The Morgan fingerprint density at radius 1 is 1.24 bits per heavy atom. The van der Waals surface area contributed by atoms with Crippen LogP contribution in [0.15, 0.2) is 42.5 Å². The van der Waals surface area contributed by atoms with Crippen molar-refractivity contribution in [3.05, 3.63) is 52.9 Å². The highest BCUT2D eigenvalue weighted by Gasteiger charge is 2.18. The van der Waals surface area contributed by atoms with Gasteiger partial charge < -0.3 is 5.11 Å². The van der Waals surface area contributed by atoms with Gasteiger partial charge in [-0.15, -0.1) is 0 Å². The van der Waals surface area contributed by atoms with E-state index in [1.807, 2.05) is 42.5 Å². The number of benzene rings is 1. The van der Waals surface area contributed by atoms with Gasteiger partial charge in [0, 0.05) is 10.8 Å². The lowest BCUT2D eigenvalue weighted by atomic mass is 9.94. The minimum absolute atomic E-state index is 0.0873. The van der Waals surface area contributed by atoms with Crippen molar-refractivity contribution in [3.63, 3.8) is 0 Å². The van der Waals surface area contributed by atoms with Gasteiger partial charge in [0.25, 0.3) is 0 Å². The minimum Gasteiger partial charge on any atom is -0.481 e. The summed E-state index contributed by atoms with van der Waals surface area (Å²) in [5, 5.41) is 8.99. The van der Waals surface area contributed by atoms with Crippen LogP contribution in [0.2, 0.25) is 0 Å². The van der Waals surface area contributed by atoms with E-state index in [1.54, 1.807) is 0 Å². The molecule has 1 heterocycles. The van der Waals surface area contributed by atoms with Crippen molar-refractivity contribution in [1.82, 2.24) is 0 Å². The highest BCUT2D eigenvalue weighted by Crippen LogP contribution is 2.30. The van der Waals surface area contributed by atoms with Gasteiger partial charge in [-0.2, -0.15) is 11.3 Å². The van der Waals surface area contributed by atoms with Crippen LogP contribution in [0.4, 0.5) is 0 Å². The number of hydrogen-bond donors (Lipinski definition) is 1. The molecule has 1 atom stereocenters. The zero-order chi connectivity index (χ0) is 12.3. The van der Waals surface area contributed by atoms with Crippen molar-refractivity contribution in [2.24, 2.45) is 0 Å². The summed E-state index contributed by atoms with van der Waals surface area (Å²) in [4.78, 5) is 11.9. The van der Waals surface area contributed by atoms with Crippen LogP contribution in [0, 0.1) is 0 Å². The molecule has 2 radical (unpaired) electrons. The Morgan fingerprint density at radius 3 is 2.47 bits per heavy atom. The number of rotatable bonds is 4. The Hall–Kier alpha value is -1.55. The predicted molar refractivity (Wildman–Crippen MR) is 70.2 cm³/mol. The van der Waals surface area contributed by atoms with Crippen LogP contribution in [-0.2, 0) is 4.79 Å². The first-order chi connectivity index (χ1) is 8.16. The highest BCUT2D eigenvalue weighted by atomic mass is 32.1. The van der Waals surface area contributed by atoms with Gasteiger partial charge >= 0.3 is 5.97 Å². The van der Waals surface area contributed by atoms with Crippen LogP contribution >= 0.6 is 11.3 Å². The SMILES string of the molecule is [B]c1ccc([C@@H](CC(=O)O)c2ccccc2)s1. The second kappa shape index (κ2) is 5.19. The molecule has 0 aliphatic carbocycles. The van der Waals surface area contributed by atoms with Gasteiger partial charge in [0.15, 0.2) is 0 Å². The number of hydrogen-bond acceptors (Lipinski definition) is 2. The molecule has 0 unspecified atom stereocenters. The van der Waals surface area contributed by atoms with Crippen molar-refractivity contribution < 1.29 is 9.90 Å². The summed E-state index contributed by atoms with van der Waals surface area (Å²) in [6.07, 6.45) is 0.0873. The van der Waals surface area contributed by atoms with Crippen LogP contribution in [-0.4, -0.2) is 18.9 Å². The van der Waals surface area contributed by atoms with Gasteiger partial charge in [0.1, 0.15) is 7.85 Å². The first-order valence-corrected chi connectivity index (χ1v) is 6.10. The Bertz CT molecular complexity index is 507. The average Bonchev–Trinajstić information content (AvgIpc) is 2.73. The Labute approximate surface area is 105 Å². The first kappa shape index (κ1) is 11.9. The summed E-state index contributed by atoms with van der Waals surface area (Å²) in [7, 11) is 5.70. The summed E-state index contributed by atoms with van der Waals surface area (Å²) in [5.74, 6) is -0.915. The fourth-order valence-corrected chi connectivity index (χ4v) is 2.70. The smallest absolute Gasteiger partial charge is 0.304 e. The van der Waals surface area contributed by atoms with Gasteiger partial charge in [0.05, 0.1) is 6.42 Å². The van der Waals surface area contributed by atoms with Gasteiger partial charge in [0.2, 0.25) is 0 Å². The molecule has 1 N–H and O–H groups in total. The van der Waals surface area contributed by atoms with E-state index in [1.165, 1.54) is 11.3 Å². The third kappa shape index (κ3) is 2.97. The number of carboxylic acid groups (broad SMARTS) is 1. The largest absolute Gasteiger partial charge is 0.481 e. The molecule has 17 heavy (non-hydrogen) atoms. The molecule has 4 heteroatoms. The highest BCUT2D eigenvalue weighted by molar-refractivity contribution is 7.20. The maximum Gasteiger partial charge on any atom is 0.304 e. The molecule has 1 aromatic carbocycles. The Balaban J connectivity index is 2.35. The second-order valence-corrected chi connectivity index (χ2v) is 4.95. The van der Waals surface area contributed by atoms with E-state index in [-0.39, 0.29) is 12.3 Å². The molecule has 1 aromatic heterocycles. The lowest BCUT2D eigenvalue weighted by Crippen LogP contribution is -2.06. The van der Waals surface area contributed by atoms with E-state index in [0.717, 1.165) is 10.4 Å². The molecule has 0 saturated heterocycles. The molecule has 0 fully saturated rings. The molecule has 84 valence electrons. The van der Waals surface area contributed by atoms with Crippen LogP contribution in [0.1, 0.15) is 22.8 Å². The van der Waals surface area contributed by atoms with Crippen LogP contribution in [0.5, 0.6) is 0 Å². The fourth-order valence-electron chi connectivity index (χ4n) is 1.80. The zero-order valence-electron chi connectivity index (χ0n) is 9.17. The summed E-state index contributed by atoms with van der Waals surface area (Å²) in [5.41, 5.74) is 1.01. The van der Waals surface area contributed by atoms with E-state index in [4.69, 9.17) is 13.0 Å². The summed E-state index contributed by atoms with van der Waals surface area (Å²) < 4.78 is 0.714. The third-order valence-electron chi connectivity index (χ3n) is 2.57. The third-order valence-corrected chi connectivity index (χ3v) is 3.60. The molecular formula is C13H11BO2S. The van der Waals surface area contributed by atoms with Crippen molar-refractivity contribution in [1.29, 1.82) is 0 Å². The molecule has 2 rings (SSSR count). The first-order valence-electron chi connectivity index (χ1n) is 5.29. The molecule has 0 aliphatic rings. The monoisotopic (exact) mass is 242 g/mol. The van der Waals surface area contributed by atoms with Crippen molar-refractivity contribution in [2.45, 2.75) is 12.3 Å². The lowest BCUT2D eigenvalue weighted by Gasteiger charge is -2.13. The second-order valence-electron chi connectivity index (χ2n) is 3.80. The minimum atomic E-state index is -0.800.